The summed E-state index contributed by atoms with van der Waals surface area (Å²) in [6.07, 6.45) is 0. The summed E-state index contributed by atoms with van der Waals surface area (Å²) in [6, 6.07) is 23.5. The number of amides is 1. The highest BCUT2D eigenvalue weighted by Crippen LogP contribution is 2.41. The molecule has 0 saturated carbocycles. The highest BCUT2D eigenvalue weighted by Gasteiger charge is 2.38. The van der Waals surface area contributed by atoms with Crippen LogP contribution in [0.5, 0.6) is 0 Å². The van der Waals surface area contributed by atoms with Crippen LogP contribution in [0.15, 0.2) is 66.7 Å². The van der Waals surface area contributed by atoms with Crippen molar-refractivity contribution in [1.29, 1.82) is 0 Å². The molecule has 1 amide bonds. The number of aromatic nitrogens is 2. The molecule has 2 heterocycles. The number of fused-ring (bicyclic) bond motifs is 4. The maximum atomic E-state index is 13.1. The van der Waals surface area contributed by atoms with Gasteiger partial charge >= 0.3 is 0 Å². The number of carbonyl (C=O) groups excluding carboxylic acids is 1. The zero-order valence-electron chi connectivity index (χ0n) is 16.4. The zero-order valence-corrected chi connectivity index (χ0v) is 17.2. The van der Waals surface area contributed by atoms with Crippen molar-refractivity contribution in [3.05, 3.63) is 83.4 Å². The molecule has 1 aromatic heterocycles. The summed E-state index contributed by atoms with van der Waals surface area (Å²) in [5, 5.41) is 0. The number of quaternary nitrogens is 1. The minimum atomic E-state index is 0.0937. The lowest BCUT2D eigenvalue weighted by atomic mass is 10.0. The Hall–Kier alpha value is -3.09. The molecule has 3 aromatic carbocycles. The van der Waals surface area contributed by atoms with Gasteiger partial charge in [-0.3, -0.25) is 4.79 Å². The third-order valence-corrected chi connectivity index (χ3v) is 6.99. The molecule has 0 spiro atoms. The van der Waals surface area contributed by atoms with Crippen molar-refractivity contribution in [2.24, 2.45) is 0 Å². The Morgan fingerprint density at radius 1 is 0.867 bits per heavy atom. The minimum absolute atomic E-state index is 0.0937. The van der Waals surface area contributed by atoms with Gasteiger partial charge in [-0.15, -0.1) is 0 Å². The molecular formula is C24H21N4OS+. The topological polar surface area (TPSA) is 50.5 Å². The van der Waals surface area contributed by atoms with Crippen LogP contribution in [0.2, 0.25) is 0 Å². The summed E-state index contributed by atoms with van der Waals surface area (Å²) >= 11 is 1.18. The first-order valence-corrected chi connectivity index (χ1v) is 11.1. The minimum Gasteiger partial charge on any atom is -0.327 e. The number of hydrogen-bond donors (Lipinski definition) is 1. The number of nitrogens with zero attached hydrogens (tertiary/aromatic N) is 3. The van der Waals surface area contributed by atoms with E-state index in [1.54, 1.807) is 0 Å². The molecule has 6 rings (SSSR count). The fourth-order valence-corrected chi connectivity index (χ4v) is 5.50. The SMILES string of the molecule is O=C(c1ccc2nsnc2c1)N1CC[NH+](C2c3ccccc3-c3ccccc32)CC1. The smallest absolute Gasteiger partial charge is 0.254 e. The van der Waals surface area contributed by atoms with E-state index in [0.29, 0.717) is 11.6 Å². The van der Waals surface area contributed by atoms with Gasteiger partial charge in [-0.2, -0.15) is 8.75 Å². The summed E-state index contributed by atoms with van der Waals surface area (Å²) in [7, 11) is 0. The number of carbonyl (C=O) groups is 1. The van der Waals surface area contributed by atoms with Crippen molar-refractivity contribution in [2.45, 2.75) is 6.04 Å². The molecular weight excluding hydrogens is 392 g/mol. The van der Waals surface area contributed by atoms with E-state index < -0.39 is 0 Å². The fourth-order valence-electron chi connectivity index (χ4n) is 4.98. The van der Waals surface area contributed by atoms with Gasteiger partial charge in [0, 0.05) is 16.7 Å². The standard InChI is InChI=1S/C24H20N4OS/c29-24(16-9-10-21-22(15-16)26-30-25-21)28-13-11-27(12-14-28)23-19-7-3-1-5-17(19)18-6-2-4-8-20(18)23/h1-10,15,23H,11-14H2/p+1. The van der Waals surface area contributed by atoms with Crippen molar-refractivity contribution >= 4 is 28.7 Å². The van der Waals surface area contributed by atoms with E-state index in [-0.39, 0.29) is 5.91 Å². The van der Waals surface area contributed by atoms with Crippen molar-refractivity contribution in [1.82, 2.24) is 13.6 Å². The zero-order chi connectivity index (χ0) is 20.1. The molecule has 0 atom stereocenters. The van der Waals surface area contributed by atoms with Gasteiger partial charge in [0.25, 0.3) is 5.91 Å². The third kappa shape index (κ3) is 2.75. The average molecular weight is 414 g/mol. The fraction of sp³-hybridized carbons (Fsp3) is 0.208. The van der Waals surface area contributed by atoms with Gasteiger partial charge in [-0.05, 0) is 29.3 Å². The molecule has 2 aliphatic rings. The molecule has 4 aromatic rings. The van der Waals surface area contributed by atoms with Crippen LogP contribution in [-0.2, 0) is 0 Å². The molecule has 1 fully saturated rings. The van der Waals surface area contributed by atoms with Crippen molar-refractivity contribution in [2.75, 3.05) is 26.2 Å². The predicted molar refractivity (Wildman–Crippen MR) is 118 cm³/mol. The molecule has 0 unspecified atom stereocenters. The van der Waals surface area contributed by atoms with Gasteiger partial charge in [0.15, 0.2) is 0 Å². The van der Waals surface area contributed by atoms with Gasteiger partial charge in [-0.1, -0.05) is 48.5 Å². The lowest BCUT2D eigenvalue weighted by Gasteiger charge is -2.36. The molecule has 6 heteroatoms. The molecule has 1 N–H and O–H groups in total. The summed E-state index contributed by atoms with van der Waals surface area (Å²) in [5.41, 5.74) is 7.89. The summed E-state index contributed by atoms with van der Waals surface area (Å²) < 4.78 is 8.49. The Bertz CT molecular complexity index is 1210. The highest BCUT2D eigenvalue weighted by atomic mass is 32.1. The molecule has 0 bridgehead atoms. The van der Waals surface area contributed by atoms with Gasteiger partial charge in [0.2, 0.25) is 0 Å². The second kappa shape index (κ2) is 7.00. The van der Waals surface area contributed by atoms with E-state index >= 15 is 0 Å². The summed E-state index contributed by atoms with van der Waals surface area (Å²) in [6.45, 7) is 3.42. The first-order valence-electron chi connectivity index (χ1n) is 10.3. The van der Waals surface area contributed by atoms with Crippen LogP contribution >= 0.6 is 11.7 Å². The molecule has 0 radical (unpaired) electrons. The monoisotopic (exact) mass is 413 g/mol. The Morgan fingerprint density at radius 3 is 2.20 bits per heavy atom. The third-order valence-electron chi connectivity index (χ3n) is 6.44. The molecule has 1 aliphatic heterocycles. The van der Waals surface area contributed by atoms with E-state index in [0.717, 1.165) is 37.2 Å². The summed E-state index contributed by atoms with van der Waals surface area (Å²) in [4.78, 5) is 16.6. The molecule has 30 heavy (non-hydrogen) atoms. The van der Waals surface area contributed by atoms with Gasteiger partial charge in [-0.25, -0.2) is 0 Å². The number of nitrogens with one attached hydrogen (secondary N) is 1. The van der Waals surface area contributed by atoms with Crippen LogP contribution in [0.4, 0.5) is 0 Å². The largest absolute Gasteiger partial charge is 0.327 e. The normalized spacial score (nSPS) is 16.6. The van der Waals surface area contributed by atoms with E-state index in [4.69, 9.17) is 0 Å². The first kappa shape index (κ1) is 17.7. The van der Waals surface area contributed by atoms with Gasteiger partial charge in [0.05, 0.1) is 37.9 Å². The number of hydrogen-bond acceptors (Lipinski definition) is 4. The Kier molecular flexibility index (Phi) is 4.14. The van der Waals surface area contributed by atoms with Crippen LogP contribution in [0, 0.1) is 0 Å². The second-order valence-electron chi connectivity index (χ2n) is 8.03. The van der Waals surface area contributed by atoms with E-state index in [9.17, 15) is 4.79 Å². The maximum Gasteiger partial charge on any atom is 0.254 e. The van der Waals surface area contributed by atoms with E-state index in [2.05, 4.69) is 57.3 Å². The van der Waals surface area contributed by atoms with Gasteiger partial charge in [0.1, 0.15) is 17.1 Å². The van der Waals surface area contributed by atoms with Crippen LogP contribution in [0.25, 0.3) is 22.2 Å². The quantitative estimate of drug-likeness (QED) is 0.550. The number of rotatable bonds is 2. The molecule has 1 saturated heterocycles. The number of piperazine rings is 1. The highest BCUT2D eigenvalue weighted by molar-refractivity contribution is 7.00. The van der Waals surface area contributed by atoms with E-state index in [1.807, 2.05) is 23.1 Å². The van der Waals surface area contributed by atoms with Crippen LogP contribution in [0.3, 0.4) is 0 Å². The summed E-state index contributed by atoms with van der Waals surface area (Å²) in [5.74, 6) is 0.0937. The van der Waals surface area contributed by atoms with E-state index in [1.165, 1.54) is 38.9 Å². The van der Waals surface area contributed by atoms with Crippen LogP contribution in [-0.4, -0.2) is 45.7 Å². The Morgan fingerprint density at radius 2 is 1.50 bits per heavy atom. The van der Waals surface area contributed by atoms with Crippen LogP contribution < -0.4 is 4.90 Å². The average Bonchev–Trinajstić information content (AvgIpc) is 3.41. The van der Waals surface area contributed by atoms with Crippen molar-refractivity contribution < 1.29 is 9.69 Å². The Balaban J connectivity index is 1.23. The van der Waals surface area contributed by atoms with Crippen LogP contribution in [0.1, 0.15) is 27.5 Å². The predicted octanol–water partition coefficient (Wildman–Crippen LogP) is 2.80. The maximum absolute atomic E-state index is 13.1. The molecule has 5 nitrogen and oxygen atoms in total. The Labute approximate surface area is 178 Å². The lowest BCUT2D eigenvalue weighted by Crippen LogP contribution is -3.15. The molecule has 148 valence electrons. The van der Waals surface area contributed by atoms with Gasteiger partial charge < -0.3 is 9.80 Å². The number of benzene rings is 3. The van der Waals surface area contributed by atoms with Crippen molar-refractivity contribution in [3.63, 3.8) is 0 Å². The van der Waals surface area contributed by atoms with Crippen molar-refractivity contribution in [3.8, 4) is 11.1 Å². The first-order chi connectivity index (χ1) is 14.8. The lowest BCUT2D eigenvalue weighted by molar-refractivity contribution is -0.928. The molecule has 1 aliphatic carbocycles. The second-order valence-corrected chi connectivity index (χ2v) is 8.55.